The first-order chi connectivity index (χ1) is 7.83. The molecule has 1 N–H and O–H groups in total. The van der Waals surface area contributed by atoms with E-state index < -0.39 is 0 Å². The van der Waals surface area contributed by atoms with Crippen molar-refractivity contribution < 1.29 is 4.79 Å². The van der Waals surface area contributed by atoms with Gasteiger partial charge in [0.25, 0.3) is 0 Å². The van der Waals surface area contributed by atoms with E-state index in [-0.39, 0.29) is 0 Å². The van der Waals surface area contributed by atoms with Gasteiger partial charge in [-0.15, -0.1) is 0 Å². The van der Waals surface area contributed by atoms with Gasteiger partial charge in [-0.05, 0) is 29.7 Å². The Hall–Kier alpha value is -1.77. The van der Waals surface area contributed by atoms with Gasteiger partial charge in [0.1, 0.15) is 0 Å². The smallest absolute Gasteiger partial charge is 0.209 e. The quantitative estimate of drug-likeness (QED) is 0.783. The lowest BCUT2D eigenvalue weighted by molar-refractivity contribution is -0.117. The summed E-state index contributed by atoms with van der Waals surface area (Å²) in [5, 5.41) is 3.10. The standard InChI is InChI=1S/C13H16N2O/c1-14-13-4-2-11(3-5-13)12-6-8-15(10-16)9-7-12/h2-6,10,14H,7-9H2,1H3. The van der Waals surface area contributed by atoms with Crippen molar-refractivity contribution in [2.24, 2.45) is 0 Å². The number of benzene rings is 1. The predicted octanol–water partition coefficient (Wildman–Crippen LogP) is 1.97. The fraction of sp³-hybridized carbons (Fsp3) is 0.308. The van der Waals surface area contributed by atoms with E-state index in [1.165, 1.54) is 11.1 Å². The molecule has 0 radical (unpaired) electrons. The second kappa shape index (κ2) is 4.84. The van der Waals surface area contributed by atoms with Crippen LogP contribution in [0, 0.1) is 0 Å². The minimum absolute atomic E-state index is 0.729. The first kappa shape index (κ1) is 10.7. The van der Waals surface area contributed by atoms with Crippen molar-refractivity contribution in [2.75, 3.05) is 25.5 Å². The Balaban J connectivity index is 2.12. The first-order valence-electron chi connectivity index (χ1n) is 5.50. The van der Waals surface area contributed by atoms with Gasteiger partial charge in [-0.3, -0.25) is 4.79 Å². The van der Waals surface area contributed by atoms with Crippen molar-refractivity contribution in [1.29, 1.82) is 0 Å². The predicted molar refractivity (Wildman–Crippen MR) is 66.2 cm³/mol. The molecule has 3 nitrogen and oxygen atoms in total. The summed E-state index contributed by atoms with van der Waals surface area (Å²) in [6.07, 6.45) is 3.99. The summed E-state index contributed by atoms with van der Waals surface area (Å²) in [6.45, 7) is 1.55. The molecular formula is C13H16N2O. The van der Waals surface area contributed by atoms with E-state index in [1.807, 2.05) is 7.05 Å². The van der Waals surface area contributed by atoms with E-state index in [1.54, 1.807) is 4.90 Å². The molecule has 0 unspecified atom stereocenters. The monoisotopic (exact) mass is 216 g/mol. The Labute approximate surface area is 95.8 Å². The van der Waals surface area contributed by atoms with Crippen molar-refractivity contribution in [1.82, 2.24) is 4.90 Å². The largest absolute Gasteiger partial charge is 0.388 e. The fourth-order valence-electron chi connectivity index (χ4n) is 1.89. The lowest BCUT2D eigenvalue weighted by Gasteiger charge is -2.22. The van der Waals surface area contributed by atoms with E-state index in [9.17, 15) is 4.79 Å². The molecule has 2 rings (SSSR count). The third kappa shape index (κ3) is 2.24. The molecule has 1 aliphatic heterocycles. The lowest BCUT2D eigenvalue weighted by atomic mass is 9.99. The van der Waals surface area contributed by atoms with E-state index >= 15 is 0 Å². The Morgan fingerprint density at radius 2 is 2.06 bits per heavy atom. The van der Waals surface area contributed by atoms with Crippen molar-refractivity contribution in [3.8, 4) is 0 Å². The summed E-state index contributed by atoms with van der Waals surface area (Å²) in [5.74, 6) is 0. The molecule has 1 aromatic rings. The Morgan fingerprint density at radius 3 is 2.56 bits per heavy atom. The van der Waals surface area contributed by atoms with Crippen LogP contribution in [0.2, 0.25) is 0 Å². The van der Waals surface area contributed by atoms with Crippen LogP contribution in [-0.4, -0.2) is 31.4 Å². The fourth-order valence-corrected chi connectivity index (χ4v) is 1.89. The molecule has 0 fully saturated rings. The highest BCUT2D eigenvalue weighted by molar-refractivity contribution is 5.69. The van der Waals surface area contributed by atoms with Gasteiger partial charge in [0.15, 0.2) is 0 Å². The highest BCUT2D eigenvalue weighted by atomic mass is 16.1. The molecule has 0 spiro atoms. The average molecular weight is 216 g/mol. The molecule has 16 heavy (non-hydrogen) atoms. The number of carbonyl (C=O) groups excluding carboxylic acids is 1. The summed E-state index contributed by atoms with van der Waals surface area (Å²) in [6, 6.07) is 8.38. The van der Waals surface area contributed by atoms with Gasteiger partial charge < -0.3 is 10.2 Å². The van der Waals surface area contributed by atoms with Crippen molar-refractivity contribution in [3.63, 3.8) is 0 Å². The number of amides is 1. The Bertz CT molecular complexity index is 395. The van der Waals surface area contributed by atoms with Crippen molar-refractivity contribution in [2.45, 2.75) is 6.42 Å². The number of nitrogens with one attached hydrogen (secondary N) is 1. The second-order valence-corrected chi connectivity index (χ2v) is 3.91. The molecule has 3 heteroatoms. The lowest BCUT2D eigenvalue weighted by Crippen LogP contribution is -2.26. The maximum absolute atomic E-state index is 10.6. The van der Waals surface area contributed by atoms with Crippen LogP contribution in [0.25, 0.3) is 5.57 Å². The number of hydrogen-bond donors (Lipinski definition) is 1. The van der Waals surface area contributed by atoms with Gasteiger partial charge in [0, 0.05) is 25.8 Å². The van der Waals surface area contributed by atoms with Crippen LogP contribution in [-0.2, 0) is 4.79 Å². The minimum atomic E-state index is 0.729. The highest BCUT2D eigenvalue weighted by Gasteiger charge is 2.10. The molecular weight excluding hydrogens is 200 g/mol. The van der Waals surface area contributed by atoms with Gasteiger partial charge >= 0.3 is 0 Å². The van der Waals surface area contributed by atoms with Gasteiger partial charge in [0.2, 0.25) is 6.41 Å². The first-order valence-corrected chi connectivity index (χ1v) is 5.50. The van der Waals surface area contributed by atoms with E-state index in [4.69, 9.17) is 0 Å². The molecule has 84 valence electrons. The second-order valence-electron chi connectivity index (χ2n) is 3.91. The van der Waals surface area contributed by atoms with Crippen LogP contribution < -0.4 is 5.32 Å². The zero-order chi connectivity index (χ0) is 11.4. The molecule has 1 aromatic carbocycles. The summed E-state index contributed by atoms with van der Waals surface area (Å²) >= 11 is 0. The van der Waals surface area contributed by atoms with Crippen LogP contribution in [0.5, 0.6) is 0 Å². The summed E-state index contributed by atoms with van der Waals surface area (Å²) in [5.41, 5.74) is 3.71. The van der Waals surface area contributed by atoms with Crippen molar-refractivity contribution in [3.05, 3.63) is 35.9 Å². The molecule has 0 aliphatic carbocycles. The molecule has 0 aromatic heterocycles. The molecule has 0 bridgehead atoms. The van der Waals surface area contributed by atoms with Gasteiger partial charge in [-0.1, -0.05) is 18.2 Å². The SMILES string of the molecule is CNc1ccc(C2=CCN(C=O)CC2)cc1. The molecule has 0 saturated heterocycles. The molecule has 1 amide bonds. The summed E-state index contributed by atoms with van der Waals surface area (Å²) in [4.78, 5) is 12.4. The third-order valence-electron chi connectivity index (χ3n) is 2.93. The van der Waals surface area contributed by atoms with Gasteiger partial charge in [-0.2, -0.15) is 0 Å². The molecule has 0 atom stereocenters. The van der Waals surface area contributed by atoms with E-state index in [0.29, 0.717) is 0 Å². The average Bonchev–Trinajstić information content (AvgIpc) is 2.39. The van der Waals surface area contributed by atoms with E-state index in [2.05, 4.69) is 35.7 Å². The Morgan fingerprint density at radius 1 is 1.31 bits per heavy atom. The highest BCUT2D eigenvalue weighted by Crippen LogP contribution is 2.23. The maximum atomic E-state index is 10.6. The topological polar surface area (TPSA) is 32.3 Å². The van der Waals surface area contributed by atoms with Crippen LogP contribution >= 0.6 is 0 Å². The number of rotatable bonds is 3. The van der Waals surface area contributed by atoms with Crippen LogP contribution in [0.4, 0.5) is 5.69 Å². The minimum Gasteiger partial charge on any atom is -0.388 e. The van der Waals surface area contributed by atoms with E-state index in [0.717, 1.165) is 31.6 Å². The summed E-state index contributed by atoms with van der Waals surface area (Å²) in [7, 11) is 1.91. The number of nitrogens with zero attached hydrogens (tertiary/aromatic N) is 1. The van der Waals surface area contributed by atoms with Crippen LogP contribution in [0.15, 0.2) is 30.3 Å². The molecule has 1 heterocycles. The number of carbonyl (C=O) groups is 1. The van der Waals surface area contributed by atoms with Gasteiger partial charge in [0.05, 0.1) is 0 Å². The van der Waals surface area contributed by atoms with Gasteiger partial charge in [-0.25, -0.2) is 0 Å². The number of anilines is 1. The van der Waals surface area contributed by atoms with Crippen LogP contribution in [0.3, 0.4) is 0 Å². The Kier molecular flexibility index (Phi) is 3.25. The van der Waals surface area contributed by atoms with Crippen molar-refractivity contribution >= 4 is 17.7 Å². The maximum Gasteiger partial charge on any atom is 0.209 e. The normalized spacial score (nSPS) is 15.6. The zero-order valence-electron chi connectivity index (χ0n) is 9.44. The summed E-state index contributed by atoms with van der Waals surface area (Å²) < 4.78 is 0. The third-order valence-corrected chi connectivity index (χ3v) is 2.93. The molecule has 0 saturated carbocycles. The number of hydrogen-bond acceptors (Lipinski definition) is 2. The zero-order valence-corrected chi connectivity index (χ0v) is 9.44. The molecule has 1 aliphatic rings. The van der Waals surface area contributed by atoms with Crippen LogP contribution in [0.1, 0.15) is 12.0 Å².